The highest BCUT2D eigenvalue weighted by atomic mass is 32.1. The van der Waals surface area contributed by atoms with E-state index in [9.17, 15) is 14.7 Å². The van der Waals surface area contributed by atoms with Crippen molar-refractivity contribution >= 4 is 29.0 Å². The Bertz CT molecular complexity index is 640. The van der Waals surface area contributed by atoms with Crippen LogP contribution in [0, 0.1) is 0 Å². The molecule has 0 aliphatic rings. The van der Waals surface area contributed by atoms with Crippen LogP contribution in [-0.4, -0.2) is 28.8 Å². The summed E-state index contributed by atoms with van der Waals surface area (Å²) in [6.07, 6.45) is 0.736. The lowest BCUT2D eigenvalue weighted by molar-refractivity contribution is 0.0694. The summed E-state index contributed by atoms with van der Waals surface area (Å²) in [5, 5.41) is 27.5. The summed E-state index contributed by atoms with van der Waals surface area (Å²) in [4.78, 5) is 22.4. The molecule has 7 heteroatoms. The highest BCUT2D eigenvalue weighted by Crippen LogP contribution is 2.21. The van der Waals surface area contributed by atoms with Gasteiger partial charge in [0.2, 0.25) is 0 Å². The third-order valence-corrected chi connectivity index (χ3v) is 3.50. The van der Waals surface area contributed by atoms with Gasteiger partial charge in [0.15, 0.2) is 0 Å². The topological polar surface area (TPSA) is 98.7 Å². The van der Waals surface area contributed by atoms with E-state index in [1.54, 1.807) is 11.3 Å². The number of carboxylic acid groups (broad SMARTS) is 1. The van der Waals surface area contributed by atoms with Crippen molar-refractivity contribution in [3.8, 4) is 5.75 Å². The number of aromatic hydroxyl groups is 1. The number of hydrogen-bond acceptors (Lipinski definition) is 4. The molecule has 1 aromatic heterocycles. The number of thiophene rings is 1. The molecule has 1 aromatic carbocycles. The smallest absolute Gasteiger partial charge is 0.339 e. The largest absolute Gasteiger partial charge is 0.507 e. The molecular formula is C14H14N2O4S. The van der Waals surface area contributed by atoms with E-state index >= 15 is 0 Å². The molecule has 4 N–H and O–H groups in total. The van der Waals surface area contributed by atoms with Crippen molar-refractivity contribution in [1.29, 1.82) is 0 Å². The van der Waals surface area contributed by atoms with Crippen molar-refractivity contribution in [3.63, 3.8) is 0 Å². The van der Waals surface area contributed by atoms with Gasteiger partial charge in [-0.3, -0.25) is 0 Å². The summed E-state index contributed by atoms with van der Waals surface area (Å²) in [6, 6.07) is 5.43. The maximum atomic E-state index is 11.7. The molecule has 2 amide bonds. The Labute approximate surface area is 125 Å². The van der Waals surface area contributed by atoms with E-state index in [0.29, 0.717) is 12.2 Å². The molecule has 21 heavy (non-hydrogen) atoms. The van der Waals surface area contributed by atoms with Gasteiger partial charge < -0.3 is 20.8 Å². The van der Waals surface area contributed by atoms with Gasteiger partial charge in [0.25, 0.3) is 0 Å². The second-order valence-electron chi connectivity index (χ2n) is 4.30. The van der Waals surface area contributed by atoms with Crippen LogP contribution in [0.15, 0.2) is 35.0 Å². The molecule has 0 fully saturated rings. The molecule has 0 radical (unpaired) electrons. The number of carbonyl (C=O) groups excluding carboxylic acids is 1. The standard InChI is InChI=1S/C14H14N2O4S/c17-12-7-10(1-2-11(12)13(18)19)16-14(20)15-5-3-9-4-6-21-8-9/h1-2,4,6-8,17H,3,5H2,(H,18,19)(H2,15,16,20). The lowest BCUT2D eigenvalue weighted by atomic mass is 10.2. The maximum Gasteiger partial charge on any atom is 0.339 e. The molecule has 0 aliphatic carbocycles. The van der Waals surface area contributed by atoms with E-state index in [-0.39, 0.29) is 5.56 Å². The van der Waals surface area contributed by atoms with Crippen molar-refractivity contribution < 1.29 is 19.8 Å². The van der Waals surface area contributed by atoms with Crippen molar-refractivity contribution in [2.45, 2.75) is 6.42 Å². The number of anilines is 1. The fraction of sp³-hybridized carbons (Fsp3) is 0.143. The van der Waals surface area contributed by atoms with Gasteiger partial charge in [-0.1, -0.05) is 0 Å². The number of urea groups is 1. The number of hydrogen-bond donors (Lipinski definition) is 4. The van der Waals surface area contributed by atoms with Gasteiger partial charge in [0, 0.05) is 18.3 Å². The zero-order valence-corrected chi connectivity index (χ0v) is 11.8. The molecule has 0 unspecified atom stereocenters. The Morgan fingerprint density at radius 2 is 2.05 bits per heavy atom. The number of carboxylic acids is 1. The molecule has 110 valence electrons. The third-order valence-electron chi connectivity index (χ3n) is 2.77. The van der Waals surface area contributed by atoms with E-state index in [0.717, 1.165) is 12.0 Å². The molecule has 0 saturated heterocycles. The van der Waals surface area contributed by atoms with Crippen LogP contribution < -0.4 is 10.6 Å². The predicted molar refractivity (Wildman–Crippen MR) is 80.1 cm³/mol. The summed E-state index contributed by atoms with van der Waals surface area (Å²) in [5.74, 6) is -1.61. The summed E-state index contributed by atoms with van der Waals surface area (Å²) in [5.41, 5.74) is 1.27. The molecule has 6 nitrogen and oxygen atoms in total. The van der Waals surface area contributed by atoms with Crippen LogP contribution in [0.4, 0.5) is 10.5 Å². The first-order valence-electron chi connectivity index (χ1n) is 6.18. The minimum atomic E-state index is -1.22. The molecule has 0 saturated carbocycles. The van der Waals surface area contributed by atoms with Gasteiger partial charge in [0.05, 0.1) is 0 Å². The van der Waals surface area contributed by atoms with Crippen LogP contribution in [0.5, 0.6) is 5.75 Å². The van der Waals surface area contributed by atoms with E-state index in [4.69, 9.17) is 5.11 Å². The number of rotatable bonds is 5. The summed E-state index contributed by atoms with van der Waals surface area (Å²) in [7, 11) is 0. The lowest BCUT2D eigenvalue weighted by Crippen LogP contribution is -2.30. The quantitative estimate of drug-likeness (QED) is 0.682. The second kappa shape index (κ2) is 6.76. The fourth-order valence-electron chi connectivity index (χ4n) is 1.72. The summed E-state index contributed by atoms with van der Waals surface area (Å²) < 4.78 is 0. The van der Waals surface area contributed by atoms with Gasteiger partial charge in [0.1, 0.15) is 11.3 Å². The first-order chi connectivity index (χ1) is 10.1. The molecule has 1 heterocycles. The SMILES string of the molecule is O=C(NCCc1ccsc1)Nc1ccc(C(=O)O)c(O)c1. The molecule has 2 aromatic rings. The Kier molecular flexibility index (Phi) is 4.78. The zero-order valence-electron chi connectivity index (χ0n) is 11.0. The summed E-state index contributed by atoms with van der Waals surface area (Å²) >= 11 is 1.60. The first kappa shape index (κ1) is 14.9. The van der Waals surface area contributed by atoms with Crippen LogP contribution in [0.1, 0.15) is 15.9 Å². The van der Waals surface area contributed by atoms with Crippen LogP contribution >= 0.6 is 11.3 Å². The number of carbonyl (C=O) groups is 2. The molecule has 0 spiro atoms. The molecule has 2 rings (SSSR count). The highest BCUT2D eigenvalue weighted by Gasteiger charge is 2.10. The number of aromatic carboxylic acids is 1. The van der Waals surface area contributed by atoms with Crippen LogP contribution in [-0.2, 0) is 6.42 Å². The fourth-order valence-corrected chi connectivity index (χ4v) is 2.42. The van der Waals surface area contributed by atoms with E-state index in [1.165, 1.54) is 18.2 Å². The van der Waals surface area contributed by atoms with E-state index < -0.39 is 17.7 Å². The van der Waals surface area contributed by atoms with Crippen LogP contribution in [0.3, 0.4) is 0 Å². The second-order valence-corrected chi connectivity index (χ2v) is 5.08. The van der Waals surface area contributed by atoms with E-state index in [2.05, 4.69) is 10.6 Å². The average molecular weight is 306 g/mol. The normalized spacial score (nSPS) is 10.1. The van der Waals surface area contributed by atoms with Crippen molar-refractivity contribution in [2.24, 2.45) is 0 Å². The average Bonchev–Trinajstić information content (AvgIpc) is 2.91. The Morgan fingerprint density at radius 3 is 2.67 bits per heavy atom. The Hall–Kier alpha value is -2.54. The monoisotopic (exact) mass is 306 g/mol. The minimum Gasteiger partial charge on any atom is -0.507 e. The molecular weight excluding hydrogens is 292 g/mol. The number of phenols is 1. The number of benzene rings is 1. The molecule has 0 aliphatic heterocycles. The highest BCUT2D eigenvalue weighted by molar-refractivity contribution is 7.07. The Balaban J connectivity index is 1.85. The molecule has 0 bridgehead atoms. The predicted octanol–water partition coefficient (Wildman–Crippen LogP) is 2.52. The van der Waals surface area contributed by atoms with Gasteiger partial charge >= 0.3 is 12.0 Å². The maximum absolute atomic E-state index is 11.7. The minimum absolute atomic E-state index is 0.210. The van der Waals surface area contributed by atoms with Crippen LogP contribution in [0.25, 0.3) is 0 Å². The summed E-state index contributed by atoms with van der Waals surface area (Å²) in [6.45, 7) is 0.488. The number of amides is 2. The molecule has 0 atom stereocenters. The van der Waals surface area contributed by atoms with Crippen molar-refractivity contribution in [3.05, 3.63) is 46.2 Å². The van der Waals surface area contributed by atoms with Crippen molar-refractivity contribution in [2.75, 3.05) is 11.9 Å². The number of nitrogens with one attached hydrogen (secondary N) is 2. The van der Waals surface area contributed by atoms with Gasteiger partial charge in [-0.15, -0.1) is 0 Å². The van der Waals surface area contributed by atoms with Crippen LogP contribution in [0.2, 0.25) is 0 Å². The first-order valence-corrected chi connectivity index (χ1v) is 7.13. The van der Waals surface area contributed by atoms with Gasteiger partial charge in [-0.2, -0.15) is 11.3 Å². The zero-order chi connectivity index (χ0) is 15.2. The lowest BCUT2D eigenvalue weighted by Gasteiger charge is -2.08. The van der Waals surface area contributed by atoms with Gasteiger partial charge in [-0.05, 0) is 40.9 Å². The van der Waals surface area contributed by atoms with Gasteiger partial charge in [-0.25, -0.2) is 9.59 Å². The third kappa shape index (κ3) is 4.22. The van der Waals surface area contributed by atoms with E-state index in [1.807, 2.05) is 16.8 Å². The van der Waals surface area contributed by atoms with Crippen molar-refractivity contribution in [1.82, 2.24) is 5.32 Å². The Morgan fingerprint density at radius 1 is 1.24 bits per heavy atom.